The highest BCUT2D eigenvalue weighted by molar-refractivity contribution is 5.88. The summed E-state index contributed by atoms with van der Waals surface area (Å²) in [6.07, 6.45) is 4.70. The molecule has 4 nitrogen and oxygen atoms in total. The number of nitrogens with zero attached hydrogens (tertiary/aromatic N) is 1. The summed E-state index contributed by atoms with van der Waals surface area (Å²) in [5.41, 5.74) is 5.60. The molecule has 0 aliphatic heterocycles. The molecule has 0 saturated heterocycles. The zero-order chi connectivity index (χ0) is 21.7. The molecule has 0 spiro atoms. The van der Waals surface area contributed by atoms with Gasteiger partial charge in [-0.25, -0.2) is 0 Å². The molecule has 0 bridgehead atoms. The molecule has 2 aromatic carbocycles. The molecule has 1 saturated carbocycles. The van der Waals surface area contributed by atoms with Crippen LogP contribution in [0.1, 0.15) is 60.4 Å². The third-order valence-electron chi connectivity index (χ3n) is 6.27. The molecule has 2 amide bonds. The minimum absolute atomic E-state index is 0.0205. The van der Waals surface area contributed by atoms with Gasteiger partial charge in [0.2, 0.25) is 11.8 Å². The van der Waals surface area contributed by atoms with E-state index in [9.17, 15) is 9.59 Å². The van der Waals surface area contributed by atoms with Crippen LogP contribution >= 0.6 is 0 Å². The van der Waals surface area contributed by atoms with Crippen molar-refractivity contribution in [2.45, 2.75) is 78.4 Å². The highest BCUT2D eigenvalue weighted by Crippen LogP contribution is 2.19. The zero-order valence-electron chi connectivity index (χ0n) is 18.7. The van der Waals surface area contributed by atoms with Gasteiger partial charge in [-0.15, -0.1) is 0 Å². The summed E-state index contributed by atoms with van der Waals surface area (Å²) >= 11 is 0. The fourth-order valence-corrected chi connectivity index (χ4v) is 4.05. The molecule has 2 aromatic rings. The first-order chi connectivity index (χ1) is 14.3. The summed E-state index contributed by atoms with van der Waals surface area (Å²) in [4.78, 5) is 28.0. The van der Waals surface area contributed by atoms with Crippen LogP contribution in [-0.2, 0) is 22.6 Å². The fourth-order valence-electron chi connectivity index (χ4n) is 4.05. The molecule has 0 aromatic heterocycles. The molecule has 160 valence electrons. The number of aryl methyl sites for hydroxylation is 3. The van der Waals surface area contributed by atoms with Crippen molar-refractivity contribution in [3.63, 3.8) is 0 Å². The number of carbonyl (C=O) groups is 2. The summed E-state index contributed by atoms with van der Waals surface area (Å²) in [6, 6.07) is 14.0. The van der Waals surface area contributed by atoms with E-state index in [2.05, 4.69) is 31.3 Å². The predicted octanol–water partition coefficient (Wildman–Crippen LogP) is 4.63. The maximum Gasteiger partial charge on any atom is 0.242 e. The highest BCUT2D eigenvalue weighted by atomic mass is 16.2. The standard InChI is InChI=1S/C26H34N2O2/c1-18-9-12-22(13-10-18)17-28(21(4)26(30)27-24-7-5-6-8-24)25(29)16-23-14-11-19(2)20(3)15-23/h9-15,21,24H,5-8,16-17H2,1-4H3,(H,27,30). The second-order valence-corrected chi connectivity index (χ2v) is 8.77. The Morgan fingerprint density at radius 2 is 1.60 bits per heavy atom. The van der Waals surface area contributed by atoms with Gasteiger partial charge in [-0.05, 0) is 62.8 Å². The first kappa shape index (κ1) is 22.1. The fraction of sp³-hybridized carbons (Fsp3) is 0.462. The van der Waals surface area contributed by atoms with Crippen LogP contribution in [-0.4, -0.2) is 28.8 Å². The van der Waals surface area contributed by atoms with E-state index in [-0.39, 0.29) is 17.9 Å². The third kappa shape index (κ3) is 5.71. The normalized spacial score (nSPS) is 15.1. The van der Waals surface area contributed by atoms with E-state index in [1.165, 1.54) is 16.7 Å². The van der Waals surface area contributed by atoms with Crippen LogP contribution in [0.2, 0.25) is 0 Å². The van der Waals surface area contributed by atoms with Gasteiger partial charge in [0.25, 0.3) is 0 Å². The first-order valence-electron chi connectivity index (χ1n) is 11.0. The number of rotatable bonds is 7. The Bertz CT molecular complexity index is 882. The van der Waals surface area contributed by atoms with Crippen molar-refractivity contribution in [1.82, 2.24) is 10.2 Å². The van der Waals surface area contributed by atoms with Gasteiger partial charge in [0.05, 0.1) is 6.42 Å². The summed E-state index contributed by atoms with van der Waals surface area (Å²) in [7, 11) is 0. The van der Waals surface area contributed by atoms with Crippen LogP contribution in [0.4, 0.5) is 0 Å². The van der Waals surface area contributed by atoms with E-state index in [1.54, 1.807) is 4.90 Å². The summed E-state index contributed by atoms with van der Waals surface area (Å²) < 4.78 is 0. The Labute approximate surface area is 180 Å². The molecule has 1 unspecified atom stereocenters. The number of hydrogen-bond donors (Lipinski definition) is 1. The maximum absolute atomic E-state index is 13.3. The van der Waals surface area contributed by atoms with E-state index in [1.807, 2.05) is 44.2 Å². The summed E-state index contributed by atoms with van der Waals surface area (Å²) in [5, 5.41) is 3.16. The van der Waals surface area contributed by atoms with Crippen molar-refractivity contribution in [1.29, 1.82) is 0 Å². The average Bonchev–Trinajstić information content (AvgIpc) is 3.22. The van der Waals surface area contributed by atoms with E-state index in [4.69, 9.17) is 0 Å². The quantitative estimate of drug-likeness (QED) is 0.729. The van der Waals surface area contributed by atoms with Crippen LogP contribution in [0, 0.1) is 20.8 Å². The van der Waals surface area contributed by atoms with Crippen molar-refractivity contribution in [3.05, 3.63) is 70.3 Å². The Balaban J connectivity index is 1.77. The van der Waals surface area contributed by atoms with Crippen molar-refractivity contribution in [2.24, 2.45) is 0 Å². The molecule has 3 rings (SSSR count). The van der Waals surface area contributed by atoms with Crippen LogP contribution < -0.4 is 5.32 Å². The Hall–Kier alpha value is -2.62. The lowest BCUT2D eigenvalue weighted by Crippen LogP contribution is -2.50. The molecule has 30 heavy (non-hydrogen) atoms. The van der Waals surface area contributed by atoms with Gasteiger partial charge in [-0.2, -0.15) is 0 Å². The molecule has 0 heterocycles. The maximum atomic E-state index is 13.3. The molecule has 1 N–H and O–H groups in total. The average molecular weight is 407 g/mol. The summed E-state index contributed by atoms with van der Waals surface area (Å²) in [6.45, 7) is 8.45. The Morgan fingerprint density at radius 1 is 0.967 bits per heavy atom. The lowest BCUT2D eigenvalue weighted by atomic mass is 10.0. The first-order valence-corrected chi connectivity index (χ1v) is 11.0. The number of amides is 2. The van der Waals surface area contributed by atoms with E-state index in [0.717, 1.165) is 36.8 Å². The number of carbonyl (C=O) groups excluding carboxylic acids is 2. The number of nitrogens with one attached hydrogen (secondary N) is 1. The van der Waals surface area contributed by atoms with Gasteiger partial charge >= 0.3 is 0 Å². The van der Waals surface area contributed by atoms with Gasteiger partial charge < -0.3 is 10.2 Å². The van der Waals surface area contributed by atoms with Crippen molar-refractivity contribution < 1.29 is 9.59 Å². The second kappa shape index (κ2) is 9.92. The molecule has 0 radical (unpaired) electrons. The number of hydrogen-bond acceptors (Lipinski definition) is 2. The molecular formula is C26H34N2O2. The van der Waals surface area contributed by atoms with Gasteiger partial charge in [0.1, 0.15) is 6.04 Å². The minimum atomic E-state index is -0.508. The van der Waals surface area contributed by atoms with E-state index < -0.39 is 6.04 Å². The van der Waals surface area contributed by atoms with Gasteiger partial charge in [0.15, 0.2) is 0 Å². The van der Waals surface area contributed by atoms with Crippen LogP contribution in [0.15, 0.2) is 42.5 Å². The van der Waals surface area contributed by atoms with Crippen LogP contribution in [0.25, 0.3) is 0 Å². The van der Waals surface area contributed by atoms with Crippen molar-refractivity contribution >= 4 is 11.8 Å². The van der Waals surface area contributed by atoms with Gasteiger partial charge in [0, 0.05) is 12.6 Å². The van der Waals surface area contributed by atoms with E-state index >= 15 is 0 Å². The Morgan fingerprint density at radius 3 is 2.23 bits per heavy atom. The lowest BCUT2D eigenvalue weighted by molar-refractivity contribution is -0.140. The number of benzene rings is 2. The lowest BCUT2D eigenvalue weighted by Gasteiger charge is -2.30. The smallest absolute Gasteiger partial charge is 0.242 e. The van der Waals surface area contributed by atoms with E-state index in [0.29, 0.717) is 13.0 Å². The molecular weight excluding hydrogens is 372 g/mol. The molecule has 1 aliphatic rings. The molecule has 1 fully saturated rings. The van der Waals surface area contributed by atoms with Crippen molar-refractivity contribution in [3.8, 4) is 0 Å². The van der Waals surface area contributed by atoms with Gasteiger partial charge in [-0.1, -0.05) is 60.9 Å². The highest BCUT2D eigenvalue weighted by Gasteiger charge is 2.28. The predicted molar refractivity (Wildman–Crippen MR) is 121 cm³/mol. The van der Waals surface area contributed by atoms with Crippen LogP contribution in [0.3, 0.4) is 0 Å². The molecule has 4 heteroatoms. The SMILES string of the molecule is Cc1ccc(CN(C(=O)Cc2ccc(C)c(C)c2)C(C)C(=O)NC2CCCC2)cc1. The molecule has 1 atom stereocenters. The second-order valence-electron chi connectivity index (χ2n) is 8.77. The van der Waals surface area contributed by atoms with Crippen molar-refractivity contribution in [2.75, 3.05) is 0 Å². The van der Waals surface area contributed by atoms with Crippen LogP contribution in [0.5, 0.6) is 0 Å². The molecule has 1 aliphatic carbocycles. The van der Waals surface area contributed by atoms with Gasteiger partial charge in [-0.3, -0.25) is 9.59 Å². The third-order valence-corrected chi connectivity index (χ3v) is 6.27. The minimum Gasteiger partial charge on any atom is -0.352 e. The topological polar surface area (TPSA) is 49.4 Å². The Kier molecular flexibility index (Phi) is 7.30. The zero-order valence-corrected chi connectivity index (χ0v) is 18.7. The monoisotopic (exact) mass is 406 g/mol. The largest absolute Gasteiger partial charge is 0.352 e. The summed E-state index contributed by atoms with van der Waals surface area (Å²) in [5.74, 6) is -0.0738.